The van der Waals surface area contributed by atoms with E-state index in [1.54, 1.807) is 7.11 Å². The third kappa shape index (κ3) is 2.79. The highest BCUT2D eigenvalue weighted by molar-refractivity contribution is 5.53. The molecule has 0 N–H and O–H groups in total. The Balaban J connectivity index is 2.47. The van der Waals surface area contributed by atoms with Crippen LogP contribution >= 0.6 is 0 Å². The van der Waals surface area contributed by atoms with Gasteiger partial charge in [0.1, 0.15) is 6.29 Å². The van der Waals surface area contributed by atoms with Gasteiger partial charge < -0.3 is 9.53 Å². The van der Waals surface area contributed by atoms with Crippen LogP contribution in [0, 0.1) is 5.92 Å². The molecular formula is C11H21NO2. The van der Waals surface area contributed by atoms with Crippen molar-refractivity contribution in [3.8, 4) is 0 Å². The summed E-state index contributed by atoms with van der Waals surface area (Å²) in [5.41, 5.74) is 0. The second-order valence-electron chi connectivity index (χ2n) is 4.30. The minimum absolute atomic E-state index is 0.263. The molecule has 0 aromatic carbocycles. The zero-order chi connectivity index (χ0) is 10.6. The second-order valence-corrected chi connectivity index (χ2v) is 4.30. The number of piperidine rings is 1. The van der Waals surface area contributed by atoms with Crippen molar-refractivity contribution in [1.82, 2.24) is 4.90 Å². The molecule has 1 aliphatic heterocycles. The van der Waals surface area contributed by atoms with E-state index in [-0.39, 0.29) is 5.92 Å². The van der Waals surface area contributed by atoms with Crippen molar-refractivity contribution < 1.29 is 9.53 Å². The van der Waals surface area contributed by atoms with Crippen LogP contribution in [-0.4, -0.2) is 43.5 Å². The highest BCUT2D eigenvalue weighted by Gasteiger charge is 2.29. The quantitative estimate of drug-likeness (QED) is 0.640. The fourth-order valence-corrected chi connectivity index (χ4v) is 2.43. The van der Waals surface area contributed by atoms with Crippen molar-refractivity contribution in [2.75, 3.05) is 20.3 Å². The molecule has 14 heavy (non-hydrogen) atoms. The summed E-state index contributed by atoms with van der Waals surface area (Å²) in [7, 11) is 1.73. The van der Waals surface area contributed by atoms with Crippen LogP contribution in [0.15, 0.2) is 0 Å². The summed E-state index contributed by atoms with van der Waals surface area (Å²) in [6, 6.07) is 1.01. The van der Waals surface area contributed by atoms with E-state index in [4.69, 9.17) is 4.74 Å². The Morgan fingerprint density at radius 3 is 2.36 bits per heavy atom. The molecule has 3 heteroatoms. The first-order valence-electron chi connectivity index (χ1n) is 5.39. The Bertz CT molecular complexity index is 172. The van der Waals surface area contributed by atoms with Gasteiger partial charge in [0, 0.05) is 31.7 Å². The molecule has 1 unspecified atom stereocenters. The molecule has 1 rings (SSSR count). The summed E-state index contributed by atoms with van der Waals surface area (Å²) in [6.07, 6.45) is 3.11. The van der Waals surface area contributed by atoms with Gasteiger partial charge in [0.15, 0.2) is 0 Å². The number of carbonyl (C=O) groups is 1. The lowest BCUT2D eigenvalue weighted by Gasteiger charge is -2.41. The zero-order valence-electron chi connectivity index (χ0n) is 9.40. The minimum Gasteiger partial charge on any atom is -0.383 e. The second kappa shape index (κ2) is 5.47. The molecule has 1 saturated heterocycles. The average Bonchev–Trinajstić information content (AvgIpc) is 2.16. The van der Waals surface area contributed by atoms with Crippen LogP contribution in [0.2, 0.25) is 0 Å². The Morgan fingerprint density at radius 2 is 1.93 bits per heavy atom. The number of methoxy groups -OCH3 is 1. The van der Waals surface area contributed by atoms with Crippen LogP contribution in [0.1, 0.15) is 26.7 Å². The van der Waals surface area contributed by atoms with E-state index >= 15 is 0 Å². The first kappa shape index (κ1) is 11.7. The van der Waals surface area contributed by atoms with Gasteiger partial charge in [-0.05, 0) is 26.7 Å². The molecule has 0 radical (unpaired) electrons. The van der Waals surface area contributed by atoms with Crippen molar-refractivity contribution in [2.45, 2.75) is 38.8 Å². The molecule has 0 bridgehead atoms. The van der Waals surface area contributed by atoms with Gasteiger partial charge in [0.25, 0.3) is 0 Å². The lowest BCUT2D eigenvalue weighted by atomic mass is 9.88. The van der Waals surface area contributed by atoms with Crippen LogP contribution < -0.4 is 0 Å². The summed E-state index contributed by atoms with van der Waals surface area (Å²) < 4.78 is 5.08. The SMILES string of the molecule is COCCN1[C@H](C)CC(C=O)C[C@@H]1C. The topological polar surface area (TPSA) is 29.5 Å². The molecule has 0 aliphatic carbocycles. The number of likely N-dealkylation sites (tertiary alicyclic amines) is 1. The number of hydrogen-bond acceptors (Lipinski definition) is 3. The first-order chi connectivity index (χ1) is 6.69. The van der Waals surface area contributed by atoms with E-state index < -0.39 is 0 Å². The van der Waals surface area contributed by atoms with E-state index in [2.05, 4.69) is 18.7 Å². The Hall–Kier alpha value is -0.410. The van der Waals surface area contributed by atoms with Crippen molar-refractivity contribution >= 4 is 6.29 Å². The van der Waals surface area contributed by atoms with Crippen LogP contribution in [0.4, 0.5) is 0 Å². The van der Waals surface area contributed by atoms with E-state index in [1.807, 2.05) is 0 Å². The van der Waals surface area contributed by atoms with Gasteiger partial charge >= 0.3 is 0 Å². The summed E-state index contributed by atoms with van der Waals surface area (Å²) in [4.78, 5) is 13.2. The lowest BCUT2D eigenvalue weighted by molar-refractivity contribution is -0.113. The highest BCUT2D eigenvalue weighted by atomic mass is 16.5. The fraction of sp³-hybridized carbons (Fsp3) is 0.909. The maximum atomic E-state index is 10.7. The molecule has 0 amide bonds. The predicted molar refractivity (Wildman–Crippen MR) is 56.3 cm³/mol. The molecule has 0 spiro atoms. The van der Waals surface area contributed by atoms with Gasteiger partial charge in [0.05, 0.1) is 6.61 Å². The molecule has 1 heterocycles. The van der Waals surface area contributed by atoms with E-state index in [1.165, 1.54) is 0 Å². The summed E-state index contributed by atoms with van der Waals surface area (Å²) in [6.45, 7) is 6.15. The molecule has 0 saturated carbocycles. The maximum absolute atomic E-state index is 10.7. The average molecular weight is 199 g/mol. The zero-order valence-corrected chi connectivity index (χ0v) is 9.40. The van der Waals surface area contributed by atoms with Gasteiger partial charge in [-0.2, -0.15) is 0 Å². The molecular weight excluding hydrogens is 178 g/mol. The predicted octanol–water partition coefficient (Wildman–Crippen LogP) is 1.32. The van der Waals surface area contributed by atoms with Gasteiger partial charge in [-0.3, -0.25) is 4.90 Å². The number of aldehydes is 1. The minimum atomic E-state index is 0.263. The number of hydrogen-bond donors (Lipinski definition) is 0. The Labute approximate surface area is 86.4 Å². The Morgan fingerprint density at radius 1 is 1.36 bits per heavy atom. The molecule has 0 aromatic rings. The summed E-state index contributed by atoms with van der Waals surface area (Å²) in [5.74, 6) is 0.263. The van der Waals surface area contributed by atoms with Crippen molar-refractivity contribution in [3.63, 3.8) is 0 Å². The van der Waals surface area contributed by atoms with E-state index in [9.17, 15) is 4.79 Å². The molecule has 3 atom stereocenters. The van der Waals surface area contributed by atoms with Crippen LogP contribution in [0.5, 0.6) is 0 Å². The third-order valence-corrected chi connectivity index (χ3v) is 3.17. The molecule has 1 fully saturated rings. The van der Waals surface area contributed by atoms with E-state index in [0.29, 0.717) is 12.1 Å². The van der Waals surface area contributed by atoms with Gasteiger partial charge in [-0.1, -0.05) is 0 Å². The van der Waals surface area contributed by atoms with Crippen LogP contribution in [-0.2, 0) is 9.53 Å². The summed E-state index contributed by atoms with van der Waals surface area (Å²) in [5, 5.41) is 0. The lowest BCUT2D eigenvalue weighted by Crippen LogP contribution is -2.48. The van der Waals surface area contributed by atoms with Gasteiger partial charge in [0.2, 0.25) is 0 Å². The van der Waals surface area contributed by atoms with Crippen LogP contribution in [0.25, 0.3) is 0 Å². The number of carbonyl (C=O) groups excluding carboxylic acids is 1. The molecule has 82 valence electrons. The van der Waals surface area contributed by atoms with Crippen molar-refractivity contribution in [3.05, 3.63) is 0 Å². The van der Waals surface area contributed by atoms with Crippen LogP contribution in [0.3, 0.4) is 0 Å². The monoisotopic (exact) mass is 199 g/mol. The number of ether oxygens (including phenoxy) is 1. The van der Waals surface area contributed by atoms with E-state index in [0.717, 1.165) is 32.3 Å². The fourth-order valence-electron chi connectivity index (χ4n) is 2.43. The van der Waals surface area contributed by atoms with Crippen molar-refractivity contribution in [1.29, 1.82) is 0 Å². The molecule has 0 aromatic heterocycles. The van der Waals surface area contributed by atoms with Gasteiger partial charge in [-0.15, -0.1) is 0 Å². The van der Waals surface area contributed by atoms with Crippen molar-refractivity contribution in [2.24, 2.45) is 5.92 Å². The smallest absolute Gasteiger partial charge is 0.123 e. The maximum Gasteiger partial charge on any atom is 0.123 e. The van der Waals surface area contributed by atoms with Gasteiger partial charge in [-0.25, -0.2) is 0 Å². The first-order valence-corrected chi connectivity index (χ1v) is 5.39. The standard InChI is InChI=1S/C11H21NO2/c1-9-6-11(8-13)7-10(2)12(9)4-5-14-3/h8-11H,4-7H2,1-3H3/t9-,10+,11?. The third-order valence-electron chi connectivity index (χ3n) is 3.17. The summed E-state index contributed by atoms with van der Waals surface area (Å²) >= 11 is 0. The number of nitrogens with zero attached hydrogens (tertiary/aromatic N) is 1. The molecule has 1 aliphatic rings. The molecule has 3 nitrogen and oxygen atoms in total. The largest absolute Gasteiger partial charge is 0.383 e. The Kier molecular flexibility index (Phi) is 4.55. The highest BCUT2D eigenvalue weighted by Crippen LogP contribution is 2.25. The normalized spacial score (nSPS) is 34.4. The number of rotatable bonds is 4.